The van der Waals surface area contributed by atoms with Gasteiger partial charge in [0.2, 0.25) is 10.0 Å². The van der Waals surface area contributed by atoms with Crippen LogP contribution in [0.1, 0.15) is 12.0 Å². The van der Waals surface area contributed by atoms with Crippen molar-refractivity contribution in [1.82, 2.24) is 9.21 Å². The normalized spacial score (nSPS) is 15.8. The minimum absolute atomic E-state index is 0.0919. The maximum atomic E-state index is 13.2. The van der Waals surface area contributed by atoms with Crippen molar-refractivity contribution >= 4 is 21.6 Å². The first-order valence-corrected chi connectivity index (χ1v) is 11.1. The van der Waals surface area contributed by atoms with E-state index >= 15 is 0 Å². The van der Waals surface area contributed by atoms with Gasteiger partial charge in [-0.2, -0.15) is 4.31 Å². The molecule has 0 amide bonds. The predicted molar refractivity (Wildman–Crippen MR) is 107 cm³/mol. The summed E-state index contributed by atoms with van der Waals surface area (Å²) in [6, 6.07) is 12.1. The lowest BCUT2D eigenvalue weighted by Crippen LogP contribution is -2.39. The molecule has 1 aliphatic heterocycles. The molecule has 1 saturated heterocycles. The molecule has 0 radical (unpaired) electrons. The van der Waals surface area contributed by atoms with E-state index in [9.17, 15) is 12.8 Å². The maximum Gasteiger partial charge on any atom is 0.243 e. The number of halogens is 2. The molecule has 3 rings (SSSR count). The summed E-state index contributed by atoms with van der Waals surface area (Å²) in [6.45, 7) is 4.56. The van der Waals surface area contributed by atoms with Crippen LogP contribution >= 0.6 is 11.6 Å². The van der Waals surface area contributed by atoms with Crippen LogP contribution in [-0.2, 0) is 21.3 Å². The van der Waals surface area contributed by atoms with Crippen LogP contribution in [0.25, 0.3) is 0 Å². The third-order valence-corrected chi connectivity index (χ3v) is 6.82. The quantitative estimate of drug-likeness (QED) is 0.649. The Morgan fingerprint density at radius 1 is 1.04 bits per heavy atom. The summed E-state index contributed by atoms with van der Waals surface area (Å²) in [7, 11) is -3.74. The summed E-state index contributed by atoms with van der Waals surface area (Å²) in [5.74, 6) is -0.462. The molecule has 5 nitrogen and oxygen atoms in total. The fourth-order valence-electron chi connectivity index (χ4n) is 3.13. The molecule has 0 saturated carbocycles. The number of sulfonamides is 1. The van der Waals surface area contributed by atoms with Gasteiger partial charge in [0.25, 0.3) is 0 Å². The van der Waals surface area contributed by atoms with E-state index in [-0.39, 0.29) is 11.4 Å². The summed E-state index contributed by atoms with van der Waals surface area (Å²) < 4.78 is 46.3. The van der Waals surface area contributed by atoms with Crippen molar-refractivity contribution in [3.05, 3.63) is 64.9 Å². The van der Waals surface area contributed by atoms with E-state index in [1.54, 1.807) is 12.1 Å². The molecule has 0 aromatic heterocycles. The maximum absolute atomic E-state index is 13.2. The van der Waals surface area contributed by atoms with Gasteiger partial charge in [-0.05, 0) is 54.9 Å². The van der Waals surface area contributed by atoms with Crippen LogP contribution in [-0.4, -0.2) is 57.0 Å². The van der Waals surface area contributed by atoms with Gasteiger partial charge >= 0.3 is 0 Å². The summed E-state index contributed by atoms with van der Waals surface area (Å²) in [5, 5.41) is 0.601. The molecule has 1 heterocycles. The molecule has 0 bridgehead atoms. The molecule has 0 atom stereocenters. The van der Waals surface area contributed by atoms with Crippen LogP contribution in [0.15, 0.2) is 53.4 Å². The first-order chi connectivity index (χ1) is 13.4. The Morgan fingerprint density at radius 2 is 1.68 bits per heavy atom. The van der Waals surface area contributed by atoms with E-state index in [4.69, 9.17) is 16.3 Å². The third kappa shape index (κ3) is 5.75. The zero-order valence-electron chi connectivity index (χ0n) is 15.6. The zero-order chi connectivity index (χ0) is 20.0. The predicted octanol–water partition coefficient (Wildman–Crippen LogP) is 3.39. The van der Waals surface area contributed by atoms with Gasteiger partial charge in [0.15, 0.2) is 0 Å². The van der Waals surface area contributed by atoms with Crippen molar-refractivity contribution in [2.45, 2.75) is 17.9 Å². The number of morpholine rings is 1. The third-order valence-electron chi connectivity index (χ3n) is 4.71. The van der Waals surface area contributed by atoms with Gasteiger partial charge < -0.3 is 4.74 Å². The van der Waals surface area contributed by atoms with Crippen molar-refractivity contribution in [2.24, 2.45) is 0 Å². The molecule has 1 aliphatic rings. The second kappa shape index (κ2) is 9.80. The Hall–Kier alpha value is -1.51. The Morgan fingerprint density at radius 3 is 2.32 bits per heavy atom. The average molecular weight is 427 g/mol. The molecular formula is C20H24ClFN2O3S. The summed E-state index contributed by atoms with van der Waals surface area (Å²) in [5.41, 5.74) is 0.849. The minimum atomic E-state index is -3.74. The van der Waals surface area contributed by atoms with Crippen LogP contribution in [0.4, 0.5) is 4.39 Å². The fraction of sp³-hybridized carbons (Fsp3) is 0.400. The minimum Gasteiger partial charge on any atom is -0.379 e. The first kappa shape index (κ1) is 21.2. The largest absolute Gasteiger partial charge is 0.379 e. The van der Waals surface area contributed by atoms with Gasteiger partial charge in [0, 0.05) is 31.2 Å². The van der Waals surface area contributed by atoms with E-state index in [1.165, 1.54) is 28.6 Å². The number of ether oxygens (including phenoxy) is 1. The Kier molecular flexibility index (Phi) is 7.42. The molecule has 2 aromatic carbocycles. The van der Waals surface area contributed by atoms with E-state index in [1.807, 2.05) is 12.1 Å². The second-order valence-electron chi connectivity index (χ2n) is 6.73. The lowest BCUT2D eigenvalue weighted by atomic mass is 10.2. The number of nitrogens with zero attached hydrogens (tertiary/aromatic N) is 2. The second-order valence-corrected chi connectivity index (χ2v) is 9.10. The highest BCUT2D eigenvalue weighted by Crippen LogP contribution is 2.20. The first-order valence-electron chi connectivity index (χ1n) is 9.25. The number of rotatable bonds is 8. The van der Waals surface area contributed by atoms with Crippen molar-refractivity contribution in [2.75, 3.05) is 39.4 Å². The van der Waals surface area contributed by atoms with Crippen LogP contribution in [0.2, 0.25) is 5.02 Å². The van der Waals surface area contributed by atoms with Gasteiger partial charge in [-0.15, -0.1) is 0 Å². The Balaban J connectivity index is 1.74. The molecule has 0 aliphatic carbocycles. The number of hydrogen-bond acceptors (Lipinski definition) is 4. The summed E-state index contributed by atoms with van der Waals surface area (Å²) in [4.78, 5) is 2.36. The van der Waals surface area contributed by atoms with Crippen molar-refractivity contribution in [1.29, 1.82) is 0 Å². The van der Waals surface area contributed by atoms with Gasteiger partial charge in [-0.25, -0.2) is 12.8 Å². The molecule has 0 spiro atoms. The average Bonchev–Trinajstić information content (AvgIpc) is 2.70. The molecule has 152 valence electrons. The van der Waals surface area contributed by atoms with Gasteiger partial charge in [-0.1, -0.05) is 23.7 Å². The Labute approximate surface area is 170 Å². The highest BCUT2D eigenvalue weighted by Gasteiger charge is 2.25. The summed E-state index contributed by atoms with van der Waals surface area (Å²) >= 11 is 5.94. The van der Waals surface area contributed by atoms with Gasteiger partial charge in [0.1, 0.15) is 5.82 Å². The number of hydrogen-bond donors (Lipinski definition) is 0. The van der Waals surface area contributed by atoms with E-state index in [0.29, 0.717) is 31.2 Å². The SMILES string of the molecule is O=S(=O)(c1ccc(F)cc1)N(CCCN1CCOCC1)Cc1ccc(Cl)cc1. The van der Waals surface area contributed by atoms with Crippen molar-refractivity contribution in [3.63, 3.8) is 0 Å². The monoisotopic (exact) mass is 426 g/mol. The van der Waals surface area contributed by atoms with Crippen molar-refractivity contribution in [3.8, 4) is 0 Å². The van der Waals surface area contributed by atoms with Crippen LogP contribution < -0.4 is 0 Å². The highest BCUT2D eigenvalue weighted by atomic mass is 35.5. The lowest BCUT2D eigenvalue weighted by molar-refractivity contribution is 0.0368. The van der Waals surface area contributed by atoms with Gasteiger partial charge in [0.05, 0.1) is 18.1 Å². The van der Waals surface area contributed by atoms with Crippen LogP contribution in [0.5, 0.6) is 0 Å². The molecule has 28 heavy (non-hydrogen) atoms. The van der Waals surface area contributed by atoms with E-state index in [0.717, 1.165) is 25.2 Å². The lowest BCUT2D eigenvalue weighted by Gasteiger charge is -2.28. The summed E-state index contributed by atoms with van der Waals surface area (Å²) in [6.07, 6.45) is 0.702. The molecular weight excluding hydrogens is 403 g/mol. The number of benzene rings is 2. The van der Waals surface area contributed by atoms with E-state index < -0.39 is 15.8 Å². The molecule has 2 aromatic rings. The molecule has 1 fully saturated rings. The highest BCUT2D eigenvalue weighted by molar-refractivity contribution is 7.89. The van der Waals surface area contributed by atoms with Crippen molar-refractivity contribution < 1.29 is 17.5 Å². The van der Waals surface area contributed by atoms with Crippen LogP contribution in [0.3, 0.4) is 0 Å². The molecule has 8 heteroatoms. The van der Waals surface area contributed by atoms with Crippen LogP contribution in [0, 0.1) is 5.82 Å². The standard InChI is InChI=1S/C20H24ClFN2O3S/c21-18-4-2-17(3-5-18)16-24(11-1-10-23-12-14-27-15-13-23)28(25,26)20-8-6-19(22)7-9-20/h2-9H,1,10-16H2. The Bertz CT molecular complexity index is 854. The topological polar surface area (TPSA) is 49.9 Å². The molecule has 0 unspecified atom stereocenters. The zero-order valence-corrected chi connectivity index (χ0v) is 17.1. The molecule has 0 N–H and O–H groups in total. The smallest absolute Gasteiger partial charge is 0.243 e. The van der Waals surface area contributed by atoms with E-state index in [2.05, 4.69) is 4.90 Å². The van der Waals surface area contributed by atoms with Gasteiger partial charge in [-0.3, -0.25) is 4.90 Å². The fourth-order valence-corrected chi connectivity index (χ4v) is 4.72.